The average Bonchev–Trinajstić information content (AvgIpc) is 3.17. The van der Waals surface area contributed by atoms with Crippen LogP contribution in [0.5, 0.6) is 0 Å². The summed E-state index contributed by atoms with van der Waals surface area (Å²) in [6, 6.07) is 7.15. The number of primary amides is 1. The summed E-state index contributed by atoms with van der Waals surface area (Å²) in [5.41, 5.74) is 8.58. The van der Waals surface area contributed by atoms with E-state index in [2.05, 4.69) is 4.98 Å². The summed E-state index contributed by atoms with van der Waals surface area (Å²) >= 11 is 0. The van der Waals surface area contributed by atoms with Gasteiger partial charge in [-0.2, -0.15) is 0 Å². The highest BCUT2D eigenvalue weighted by Crippen LogP contribution is 2.34. The van der Waals surface area contributed by atoms with Crippen LogP contribution in [0.15, 0.2) is 30.5 Å². The van der Waals surface area contributed by atoms with E-state index in [0.717, 1.165) is 29.8 Å². The molecule has 2 aromatic rings. The van der Waals surface area contributed by atoms with Crippen molar-refractivity contribution in [2.75, 3.05) is 52.7 Å². The van der Waals surface area contributed by atoms with E-state index in [4.69, 9.17) is 10.7 Å². The molecule has 1 saturated heterocycles. The van der Waals surface area contributed by atoms with E-state index in [1.807, 2.05) is 61.2 Å². The smallest absolute Gasteiger partial charge is 0.248 e. The minimum atomic E-state index is -0.457. The first-order valence-corrected chi connectivity index (χ1v) is 9.63. The highest BCUT2D eigenvalue weighted by molar-refractivity contribution is 5.93. The van der Waals surface area contributed by atoms with Gasteiger partial charge < -0.3 is 20.4 Å². The summed E-state index contributed by atoms with van der Waals surface area (Å²) in [5, 5.41) is 0. The molecule has 29 heavy (non-hydrogen) atoms. The van der Waals surface area contributed by atoms with Gasteiger partial charge in [0, 0.05) is 50.4 Å². The van der Waals surface area contributed by atoms with E-state index in [-0.39, 0.29) is 11.8 Å². The molecular formula is C21H28N6O2. The topological polar surface area (TPSA) is 95.7 Å². The van der Waals surface area contributed by atoms with Gasteiger partial charge in [-0.15, -0.1) is 0 Å². The molecule has 8 nitrogen and oxygen atoms in total. The highest BCUT2D eigenvalue weighted by atomic mass is 16.2. The van der Waals surface area contributed by atoms with Gasteiger partial charge in [-0.05, 0) is 38.2 Å². The Morgan fingerprint density at radius 3 is 2.45 bits per heavy atom. The first-order chi connectivity index (χ1) is 13.8. The summed E-state index contributed by atoms with van der Waals surface area (Å²) in [4.78, 5) is 38.8. The number of likely N-dealkylation sites (tertiary alicyclic amines) is 1. The van der Waals surface area contributed by atoms with Crippen molar-refractivity contribution in [1.29, 1.82) is 0 Å². The summed E-state index contributed by atoms with van der Waals surface area (Å²) in [7, 11) is 7.60. The number of carbonyl (C=O) groups excluding carboxylic acids is 2. The van der Waals surface area contributed by atoms with Gasteiger partial charge in [0.1, 0.15) is 0 Å². The zero-order valence-corrected chi connectivity index (χ0v) is 17.4. The second-order valence-electron chi connectivity index (χ2n) is 7.87. The zero-order chi connectivity index (χ0) is 21.1. The van der Waals surface area contributed by atoms with Gasteiger partial charge in [0.05, 0.1) is 12.2 Å². The SMILES string of the molecule is CN(C)CC(=O)N1CCC(c2nc(N(C)C)ncc2-c2ccc(C(N)=O)cc2)C1. The summed E-state index contributed by atoms with van der Waals surface area (Å²) in [6.07, 6.45) is 2.68. The molecule has 0 spiro atoms. The number of hydrogen-bond donors (Lipinski definition) is 1. The zero-order valence-electron chi connectivity index (χ0n) is 17.4. The molecule has 1 aromatic carbocycles. The third-order valence-corrected chi connectivity index (χ3v) is 5.07. The van der Waals surface area contributed by atoms with Crippen LogP contribution in [0.2, 0.25) is 0 Å². The van der Waals surface area contributed by atoms with Gasteiger partial charge in [-0.25, -0.2) is 9.97 Å². The standard InChI is InChI=1S/C21H28N6O2/c1-25(2)13-18(28)27-10-9-16(12-27)19-17(11-23-21(24-19)26(3)4)14-5-7-15(8-6-14)20(22)29/h5-8,11,16H,9-10,12-13H2,1-4H3,(H2,22,29). The van der Waals surface area contributed by atoms with Gasteiger partial charge in [0.2, 0.25) is 17.8 Å². The van der Waals surface area contributed by atoms with E-state index < -0.39 is 5.91 Å². The van der Waals surface area contributed by atoms with Crippen LogP contribution < -0.4 is 10.6 Å². The van der Waals surface area contributed by atoms with Crippen molar-refractivity contribution >= 4 is 17.8 Å². The highest BCUT2D eigenvalue weighted by Gasteiger charge is 2.30. The quantitative estimate of drug-likeness (QED) is 0.788. The average molecular weight is 396 g/mol. The van der Waals surface area contributed by atoms with Gasteiger partial charge >= 0.3 is 0 Å². The van der Waals surface area contributed by atoms with Crippen molar-refractivity contribution < 1.29 is 9.59 Å². The third kappa shape index (κ3) is 4.71. The fourth-order valence-electron chi connectivity index (χ4n) is 3.53. The van der Waals surface area contributed by atoms with Crippen LogP contribution in [-0.4, -0.2) is 79.4 Å². The lowest BCUT2D eigenvalue weighted by atomic mass is 9.95. The Morgan fingerprint density at radius 2 is 1.86 bits per heavy atom. The molecule has 3 rings (SSSR count). The fourth-order valence-corrected chi connectivity index (χ4v) is 3.53. The van der Waals surface area contributed by atoms with Crippen LogP contribution in [0, 0.1) is 0 Å². The van der Waals surface area contributed by atoms with Crippen molar-refractivity contribution in [1.82, 2.24) is 19.8 Å². The minimum Gasteiger partial charge on any atom is -0.366 e. The van der Waals surface area contributed by atoms with Crippen molar-refractivity contribution in [3.63, 3.8) is 0 Å². The van der Waals surface area contributed by atoms with Gasteiger partial charge in [0.15, 0.2) is 0 Å². The molecule has 1 atom stereocenters. The molecule has 2 N–H and O–H groups in total. The molecule has 1 fully saturated rings. The number of anilines is 1. The van der Waals surface area contributed by atoms with E-state index in [0.29, 0.717) is 24.6 Å². The van der Waals surface area contributed by atoms with Gasteiger partial charge in [0.25, 0.3) is 0 Å². The molecule has 1 aliphatic rings. The molecule has 2 amide bonds. The lowest BCUT2D eigenvalue weighted by Crippen LogP contribution is -2.36. The van der Waals surface area contributed by atoms with E-state index in [1.54, 1.807) is 12.1 Å². The van der Waals surface area contributed by atoms with Crippen LogP contribution in [0.1, 0.15) is 28.4 Å². The van der Waals surface area contributed by atoms with E-state index in [9.17, 15) is 9.59 Å². The number of benzene rings is 1. The molecule has 1 unspecified atom stereocenters. The molecule has 8 heteroatoms. The van der Waals surface area contributed by atoms with E-state index >= 15 is 0 Å². The molecule has 154 valence electrons. The Morgan fingerprint density at radius 1 is 1.17 bits per heavy atom. The minimum absolute atomic E-state index is 0.131. The summed E-state index contributed by atoms with van der Waals surface area (Å²) in [5.74, 6) is 0.442. The maximum Gasteiger partial charge on any atom is 0.248 e. The largest absolute Gasteiger partial charge is 0.366 e. The molecule has 1 aliphatic heterocycles. The van der Waals surface area contributed by atoms with E-state index in [1.165, 1.54) is 0 Å². The van der Waals surface area contributed by atoms with Crippen LogP contribution in [0.3, 0.4) is 0 Å². The molecule has 0 bridgehead atoms. The first-order valence-electron chi connectivity index (χ1n) is 9.63. The Balaban J connectivity index is 1.93. The lowest BCUT2D eigenvalue weighted by Gasteiger charge is -2.20. The Hall–Kier alpha value is -3.00. The fraction of sp³-hybridized carbons (Fsp3) is 0.429. The number of nitrogens with zero attached hydrogens (tertiary/aromatic N) is 5. The number of nitrogens with two attached hydrogens (primary N) is 1. The maximum absolute atomic E-state index is 12.5. The van der Waals surface area contributed by atoms with Crippen molar-refractivity contribution in [3.8, 4) is 11.1 Å². The number of hydrogen-bond acceptors (Lipinski definition) is 6. The maximum atomic E-state index is 12.5. The van der Waals surface area contributed by atoms with Gasteiger partial charge in [-0.3, -0.25) is 9.59 Å². The molecule has 0 radical (unpaired) electrons. The van der Waals surface area contributed by atoms with Gasteiger partial charge in [-0.1, -0.05) is 12.1 Å². The second-order valence-corrected chi connectivity index (χ2v) is 7.87. The monoisotopic (exact) mass is 396 g/mol. The molecule has 2 heterocycles. The third-order valence-electron chi connectivity index (χ3n) is 5.07. The Kier molecular flexibility index (Phi) is 6.12. The normalized spacial score (nSPS) is 16.3. The lowest BCUT2D eigenvalue weighted by molar-refractivity contribution is -0.130. The van der Waals surface area contributed by atoms with Crippen LogP contribution in [0.4, 0.5) is 5.95 Å². The molecule has 0 aliphatic carbocycles. The molecule has 1 aromatic heterocycles. The van der Waals surface area contributed by atoms with Crippen molar-refractivity contribution in [3.05, 3.63) is 41.7 Å². The number of aromatic nitrogens is 2. The Bertz CT molecular complexity index is 895. The number of amides is 2. The summed E-state index contributed by atoms with van der Waals surface area (Å²) < 4.78 is 0. The summed E-state index contributed by atoms with van der Waals surface area (Å²) in [6.45, 7) is 1.77. The van der Waals surface area contributed by atoms with Crippen molar-refractivity contribution in [2.24, 2.45) is 5.73 Å². The predicted molar refractivity (Wildman–Crippen MR) is 113 cm³/mol. The Labute approximate surface area is 171 Å². The molecule has 0 saturated carbocycles. The number of likely N-dealkylation sites (N-methyl/N-ethyl adjacent to an activating group) is 1. The predicted octanol–water partition coefficient (Wildman–Crippen LogP) is 1.19. The van der Waals surface area contributed by atoms with Crippen LogP contribution in [0.25, 0.3) is 11.1 Å². The van der Waals surface area contributed by atoms with Crippen LogP contribution in [-0.2, 0) is 4.79 Å². The van der Waals surface area contributed by atoms with Crippen LogP contribution >= 0.6 is 0 Å². The first kappa shape index (κ1) is 20.7. The second kappa shape index (κ2) is 8.57. The van der Waals surface area contributed by atoms with Crippen molar-refractivity contribution in [2.45, 2.75) is 12.3 Å². The number of rotatable bonds is 6. The molecular weight excluding hydrogens is 368 g/mol. The number of carbonyl (C=O) groups is 2.